The number of hydrogen-bond acceptors (Lipinski definition) is 3. The molecule has 2 aromatic rings. The Morgan fingerprint density at radius 2 is 1.73 bits per heavy atom. The van der Waals surface area contributed by atoms with Gasteiger partial charge in [-0.05, 0) is 47.4 Å². The van der Waals surface area contributed by atoms with Gasteiger partial charge in [-0.2, -0.15) is 0 Å². The maximum Gasteiger partial charge on any atom is 0.239 e. The van der Waals surface area contributed by atoms with Crippen molar-refractivity contribution in [3.05, 3.63) is 42.0 Å². The van der Waals surface area contributed by atoms with Crippen molar-refractivity contribution in [1.29, 1.82) is 0 Å². The van der Waals surface area contributed by atoms with E-state index in [9.17, 15) is 9.59 Å². The summed E-state index contributed by atoms with van der Waals surface area (Å²) < 4.78 is 5.23. The number of nitrogens with one attached hydrogen (secondary N) is 2. The van der Waals surface area contributed by atoms with Crippen LogP contribution in [0.3, 0.4) is 0 Å². The third-order valence-corrected chi connectivity index (χ3v) is 5.00. The number of benzene rings is 2. The molecule has 5 heteroatoms. The number of carbonyl (C=O) groups is 2. The molecule has 0 aromatic heterocycles. The molecule has 0 radical (unpaired) electrons. The average molecular weight is 354 g/mol. The molecule has 3 rings (SSSR count). The summed E-state index contributed by atoms with van der Waals surface area (Å²) in [4.78, 5) is 24.1. The topological polar surface area (TPSA) is 67.4 Å². The van der Waals surface area contributed by atoms with Crippen LogP contribution in [-0.2, 0) is 16.1 Å². The van der Waals surface area contributed by atoms with Gasteiger partial charge in [-0.25, -0.2) is 0 Å². The van der Waals surface area contributed by atoms with Gasteiger partial charge in [-0.15, -0.1) is 0 Å². The van der Waals surface area contributed by atoms with Crippen LogP contribution in [-0.4, -0.2) is 25.5 Å². The van der Waals surface area contributed by atoms with E-state index in [0.717, 1.165) is 47.8 Å². The molecule has 5 nitrogen and oxygen atoms in total. The number of amides is 2. The first-order valence-electron chi connectivity index (χ1n) is 9.27. The number of methoxy groups -OCH3 is 1. The van der Waals surface area contributed by atoms with E-state index in [1.54, 1.807) is 7.11 Å². The van der Waals surface area contributed by atoms with E-state index < -0.39 is 0 Å². The number of hydrogen-bond donors (Lipinski definition) is 2. The Morgan fingerprint density at radius 1 is 1.00 bits per heavy atom. The first kappa shape index (κ1) is 18.2. The summed E-state index contributed by atoms with van der Waals surface area (Å²) in [5, 5.41) is 7.83. The monoisotopic (exact) mass is 354 g/mol. The maximum atomic E-state index is 12.1. The average Bonchev–Trinajstić information content (AvgIpc) is 2.70. The highest BCUT2D eigenvalue weighted by molar-refractivity contribution is 5.86. The smallest absolute Gasteiger partial charge is 0.239 e. The Labute approximate surface area is 154 Å². The molecule has 26 heavy (non-hydrogen) atoms. The molecule has 2 amide bonds. The van der Waals surface area contributed by atoms with Crippen molar-refractivity contribution in [3.63, 3.8) is 0 Å². The van der Waals surface area contributed by atoms with E-state index in [4.69, 9.17) is 4.74 Å². The van der Waals surface area contributed by atoms with E-state index in [-0.39, 0.29) is 24.3 Å². The van der Waals surface area contributed by atoms with Crippen LogP contribution in [0.1, 0.15) is 37.7 Å². The zero-order chi connectivity index (χ0) is 18.4. The van der Waals surface area contributed by atoms with Crippen molar-refractivity contribution in [1.82, 2.24) is 10.6 Å². The molecule has 0 aliphatic heterocycles. The molecule has 0 spiro atoms. The minimum absolute atomic E-state index is 0.0134. The predicted molar refractivity (Wildman–Crippen MR) is 102 cm³/mol. The molecule has 0 heterocycles. The molecule has 1 saturated carbocycles. The van der Waals surface area contributed by atoms with Crippen LogP contribution >= 0.6 is 0 Å². The number of ether oxygens (including phenoxy) is 1. The zero-order valence-electron chi connectivity index (χ0n) is 15.2. The van der Waals surface area contributed by atoms with E-state index in [2.05, 4.69) is 16.7 Å². The van der Waals surface area contributed by atoms with Crippen molar-refractivity contribution >= 4 is 22.6 Å². The second-order valence-corrected chi connectivity index (χ2v) is 6.88. The molecular formula is C21H26N2O3. The van der Waals surface area contributed by atoms with Gasteiger partial charge in [0.2, 0.25) is 11.8 Å². The molecule has 2 N–H and O–H groups in total. The second-order valence-electron chi connectivity index (χ2n) is 6.88. The van der Waals surface area contributed by atoms with E-state index >= 15 is 0 Å². The highest BCUT2D eigenvalue weighted by atomic mass is 16.5. The normalized spacial score (nSPS) is 14.8. The van der Waals surface area contributed by atoms with Crippen molar-refractivity contribution in [3.8, 4) is 5.75 Å². The summed E-state index contributed by atoms with van der Waals surface area (Å²) in [6.45, 7) is 0.486. The van der Waals surface area contributed by atoms with Crippen molar-refractivity contribution in [2.75, 3.05) is 13.7 Å². The lowest BCUT2D eigenvalue weighted by Crippen LogP contribution is -2.39. The van der Waals surface area contributed by atoms with Crippen LogP contribution in [0, 0.1) is 5.92 Å². The molecule has 1 aliphatic carbocycles. The van der Waals surface area contributed by atoms with Gasteiger partial charge in [0.25, 0.3) is 0 Å². The van der Waals surface area contributed by atoms with Crippen molar-refractivity contribution in [2.45, 2.75) is 38.6 Å². The standard InChI is InChI=1S/C21H26N2O3/c1-26-19-10-9-17-11-15(7-8-18(17)12-19)13-22-20(24)14-23-21(25)16-5-3-2-4-6-16/h7-12,16H,2-6,13-14H2,1H3,(H,22,24)(H,23,25). The van der Waals surface area contributed by atoms with Gasteiger partial charge in [0.15, 0.2) is 0 Å². The van der Waals surface area contributed by atoms with Gasteiger partial charge in [-0.1, -0.05) is 37.5 Å². The van der Waals surface area contributed by atoms with Crippen LogP contribution in [0.2, 0.25) is 0 Å². The van der Waals surface area contributed by atoms with Gasteiger partial charge >= 0.3 is 0 Å². The molecule has 138 valence electrons. The molecule has 2 aromatic carbocycles. The summed E-state index contributed by atoms with van der Waals surface area (Å²) in [5.74, 6) is 0.754. The van der Waals surface area contributed by atoms with Gasteiger partial charge < -0.3 is 15.4 Å². The fourth-order valence-electron chi connectivity index (χ4n) is 3.45. The lowest BCUT2D eigenvalue weighted by molar-refractivity contribution is -0.129. The lowest BCUT2D eigenvalue weighted by Gasteiger charge is -2.20. The van der Waals surface area contributed by atoms with Gasteiger partial charge in [-0.3, -0.25) is 9.59 Å². The van der Waals surface area contributed by atoms with Crippen molar-refractivity contribution < 1.29 is 14.3 Å². The molecule has 0 saturated heterocycles. The number of carbonyl (C=O) groups excluding carboxylic acids is 2. The largest absolute Gasteiger partial charge is 0.497 e. The first-order chi connectivity index (χ1) is 12.7. The maximum absolute atomic E-state index is 12.1. The highest BCUT2D eigenvalue weighted by Crippen LogP contribution is 2.23. The van der Waals surface area contributed by atoms with Gasteiger partial charge in [0.1, 0.15) is 5.75 Å². The fraction of sp³-hybridized carbons (Fsp3) is 0.429. The van der Waals surface area contributed by atoms with Gasteiger partial charge in [0.05, 0.1) is 13.7 Å². The summed E-state index contributed by atoms with van der Waals surface area (Å²) in [6, 6.07) is 12.0. The van der Waals surface area contributed by atoms with E-state index in [1.807, 2.05) is 30.3 Å². The van der Waals surface area contributed by atoms with E-state index in [1.165, 1.54) is 6.42 Å². The second kappa shape index (κ2) is 8.70. The minimum Gasteiger partial charge on any atom is -0.497 e. The molecule has 1 aliphatic rings. The van der Waals surface area contributed by atoms with Crippen molar-refractivity contribution in [2.24, 2.45) is 5.92 Å². The van der Waals surface area contributed by atoms with Crippen LogP contribution in [0.5, 0.6) is 5.75 Å². The fourth-order valence-corrected chi connectivity index (χ4v) is 3.45. The molecule has 0 unspecified atom stereocenters. The van der Waals surface area contributed by atoms with E-state index in [0.29, 0.717) is 6.54 Å². The zero-order valence-corrected chi connectivity index (χ0v) is 15.2. The SMILES string of the molecule is COc1ccc2cc(CNC(=O)CNC(=O)C3CCCCC3)ccc2c1. The van der Waals surface area contributed by atoms with Crippen LogP contribution in [0.4, 0.5) is 0 Å². The lowest BCUT2D eigenvalue weighted by atomic mass is 9.89. The summed E-state index contributed by atoms with van der Waals surface area (Å²) in [7, 11) is 1.65. The highest BCUT2D eigenvalue weighted by Gasteiger charge is 2.21. The Hall–Kier alpha value is -2.56. The third kappa shape index (κ3) is 4.75. The molecule has 1 fully saturated rings. The third-order valence-electron chi connectivity index (χ3n) is 5.00. The van der Waals surface area contributed by atoms with Crippen LogP contribution < -0.4 is 15.4 Å². The Bertz CT molecular complexity index is 782. The first-order valence-corrected chi connectivity index (χ1v) is 9.27. The summed E-state index contributed by atoms with van der Waals surface area (Å²) in [6.07, 6.45) is 5.31. The van der Waals surface area contributed by atoms with Gasteiger partial charge in [0, 0.05) is 12.5 Å². The minimum atomic E-state index is -0.163. The Morgan fingerprint density at radius 3 is 2.50 bits per heavy atom. The molecule has 0 bridgehead atoms. The Balaban J connectivity index is 1.48. The van der Waals surface area contributed by atoms with Crippen LogP contribution in [0.15, 0.2) is 36.4 Å². The molecular weight excluding hydrogens is 328 g/mol. The Kier molecular flexibility index (Phi) is 6.10. The van der Waals surface area contributed by atoms with Crippen LogP contribution in [0.25, 0.3) is 10.8 Å². The predicted octanol–water partition coefficient (Wildman–Crippen LogP) is 3.16. The summed E-state index contributed by atoms with van der Waals surface area (Å²) >= 11 is 0. The quantitative estimate of drug-likeness (QED) is 0.837. The number of rotatable bonds is 6. The number of fused-ring (bicyclic) bond motifs is 1. The summed E-state index contributed by atoms with van der Waals surface area (Å²) in [5.41, 5.74) is 1.02. The molecule has 0 atom stereocenters.